The molecule has 1 heterocycles. The van der Waals surface area contributed by atoms with Gasteiger partial charge in [0.1, 0.15) is 0 Å². The van der Waals surface area contributed by atoms with Crippen molar-refractivity contribution in [1.82, 2.24) is 10.2 Å². The van der Waals surface area contributed by atoms with Crippen molar-refractivity contribution in [3.63, 3.8) is 0 Å². The van der Waals surface area contributed by atoms with Crippen LogP contribution in [0.25, 0.3) is 0 Å². The first-order valence-electron chi connectivity index (χ1n) is 6.88. The summed E-state index contributed by atoms with van der Waals surface area (Å²) in [6.45, 7) is 8.34. The molecule has 0 aliphatic carbocycles. The Kier molecular flexibility index (Phi) is 4.38. The van der Waals surface area contributed by atoms with Gasteiger partial charge < -0.3 is 11.1 Å². The summed E-state index contributed by atoms with van der Waals surface area (Å²) in [6.07, 6.45) is 1.15. The van der Waals surface area contributed by atoms with Crippen LogP contribution in [0.3, 0.4) is 0 Å². The Balaban J connectivity index is 1.94. The average Bonchev–Trinajstić information content (AvgIpc) is 2.83. The SMILES string of the molecule is CC(C)N1CCC(CN)(NCc2ccccc2)C1. The predicted octanol–water partition coefficient (Wildman–Crippen LogP) is 1.59. The molecule has 1 atom stereocenters. The largest absolute Gasteiger partial charge is 0.329 e. The van der Waals surface area contributed by atoms with Crippen LogP contribution < -0.4 is 11.1 Å². The van der Waals surface area contributed by atoms with Crippen molar-refractivity contribution in [1.29, 1.82) is 0 Å². The molecule has 2 rings (SSSR count). The lowest BCUT2D eigenvalue weighted by atomic mass is 9.98. The lowest BCUT2D eigenvalue weighted by Gasteiger charge is -2.30. The van der Waals surface area contributed by atoms with Crippen molar-refractivity contribution < 1.29 is 0 Å². The highest BCUT2D eigenvalue weighted by molar-refractivity contribution is 5.15. The van der Waals surface area contributed by atoms with Crippen LogP contribution in [0.1, 0.15) is 25.8 Å². The van der Waals surface area contributed by atoms with Gasteiger partial charge in [0.2, 0.25) is 0 Å². The number of nitrogens with one attached hydrogen (secondary N) is 1. The van der Waals surface area contributed by atoms with Gasteiger partial charge in [0.25, 0.3) is 0 Å². The minimum absolute atomic E-state index is 0.0973. The molecule has 1 fully saturated rings. The van der Waals surface area contributed by atoms with E-state index < -0.39 is 0 Å². The monoisotopic (exact) mass is 247 g/mol. The van der Waals surface area contributed by atoms with Crippen LogP contribution in [0, 0.1) is 0 Å². The van der Waals surface area contributed by atoms with Gasteiger partial charge in [0.05, 0.1) is 0 Å². The second-order valence-corrected chi connectivity index (χ2v) is 5.64. The Labute approximate surface area is 110 Å². The Morgan fingerprint density at radius 2 is 2.06 bits per heavy atom. The maximum Gasteiger partial charge on any atom is 0.0447 e. The molecule has 3 N–H and O–H groups in total. The number of rotatable bonds is 5. The summed E-state index contributed by atoms with van der Waals surface area (Å²) >= 11 is 0. The third-order valence-corrected chi connectivity index (χ3v) is 4.01. The van der Waals surface area contributed by atoms with Crippen LogP contribution in [-0.4, -0.2) is 36.1 Å². The van der Waals surface area contributed by atoms with E-state index in [0.717, 1.165) is 26.1 Å². The zero-order valence-corrected chi connectivity index (χ0v) is 11.5. The summed E-state index contributed by atoms with van der Waals surface area (Å²) in [5, 5.41) is 3.68. The highest BCUT2D eigenvalue weighted by Gasteiger charge is 2.37. The van der Waals surface area contributed by atoms with Gasteiger partial charge in [0, 0.05) is 37.8 Å². The number of nitrogens with two attached hydrogens (primary N) is 1. The number of hydrogen-bond donors (Lipinski definition) is 2. The Morgan fingerprint density at radius 1 is 1.33 bits per heavy atom. The molecule has 0 radical (unpaired) electrons. The normalized spacial score (nSPS) is 24.9. The molecule has 18 heavy (non-hydrogen) atoms. The smallest absolute Gasteiger partial charge is 0.0447 e. The van der Waals surface area contributed by atoms with Crippen molar-refractivity contribution in [3.8, 4) is 0 Å². The molecule has 100 valence electrons. The van der Waals surface area contributed by atoms with E-state index in [1.165, 1.54) is 5.56 Å². The lowest BCUT2D eigenvalue weighted by molar-refractivity contribution is 0.241. The minimum Gasteiger partial charge on any atom is -0.329 e. The van der Waals surface area contributed by atoms with Gasteiger partial charge in [-0.15, -0.1) is 0 Å². The Morgan fingerprint density at radius 3 is 2.61 bits per heavy atom. The lowest BCUT2D eigenvalue weighted by Crippen LogP contribution is -2.53. The third-order valence-electron chi connectivity index (χ3n) is 4.01. The van der Waals surface area contributed by atoms with Crippen LogP contribution in [0.5, 0.6) is 0 Å². The summed E-state index contributed by atoms with van der Waals surface area (Å²) in [4.78, 5) is 2.50. The minimum atomic E-state index is 0.0973. The fourth-order valence-corrected chi connectivity index (χ4v) is 2.61. The molecule has 1 aromatic carbocycles. The van der Waals surface area contributed by atoms with Crippen LogP contribution in [0.15, 0.2) is 30.3 Å². The van der Waals surface area contributed by atoms with E-state index in [1.807, 2.05) is 0 Å². The third kappa shape index (κ3) is 3.10. The number of benzene rings is 1. The molecule has 1 saturated heterocycles. The van der Waals surface area contributed by atoms with E-state index in [9.17, 15) is 0 Å². The first-order valence-corrected chi connectivity index (χ1v) is 6.88. The Bertz CT molecular complexity index is 363. The van der Waals surface area contributed by atoms with Crippen molar-refractivity contribution in [2.45, 2.75) is 38.4 Å². The number of nitrogens with zero attached hydrogens (tertiary/aromatic N) is 1. The fourth-order valence-electron chi connectivity index (χ4n) is 2.61. The van der Waals surface area contributed by atoms with Gasteiger partial charge in [-0.05, 0) is 25.8 Å². The zero-order chi connectivity index (χ0) is 13.0. The molecule has 0 bridgehead atoms. The molecule has 0 aromatic heterocycles. The molecular formula is C15H25N3. The van der Waals surface area contributed by atoms with E-state index >= 15 is 0 Å². The first kappa shape index (κ1) is 13.5. The highest BCUT2D eigenvalue weighted by Crippen LogP contribution is 2.22. The molecule has 1 aromatic rings. The first-order chi connectivity index (χ1) is 8.65. The van der Waals surface area contributed by atoms with Gasteiger partial charge in [0.15, 0.2) is 0 Å². The van der Waals surface area contributed by atoms with E-state index in [4.69, 9.17) is 5.73 Å². The van der Waals surface area contributed by atoms with Gasteiger partial charge in [-0.25, -0.2) is 0 Å². The van der Waals surface area contributed by atoms with Gasteiger partial charge in [-0.2, -0.15) is 0 Å². The topological polar surface area (TPSA) is 41.3 Å². The second-order valence-electron chi connectivity index (χ2n) is 5.64. The van der Waals surface area contributed by atoms with Gasteiger partial charge in [-0.1, -0.05) is 30.3 Å². The van der Waals surface area contributed by atoms with Crippen molar-refractivity contribution >= 4 is 0 Å². The molecule has 0 saturated carbocycles. The van der Waals surface area contributed by atoms with Crippen LogP contribution in [0.4, 0.5) is 0 Å². The molecule has 0 amide bonds. The summed E-state index contributed by atoms with van der Waals surface area (Å²) < 4.78 is 0. The second kappa shape index (κ2) is 5.83. The van der Waals surface area contributed by atoms with Crippen molar-refractivity contribution in [3.05, 3.63) is 35.9 Å². The van der Waals surface area contributed by atoms with Crippen LogP contribution in [0.2, 0.25) is 0 Å². The maximum absolute atomic E-state index is 6.01. The fraction of sp³-hybridized carbons (Fsp3) is 0.600. The van der Waals surface area contributed by atoms with E-state index in [1.54, 1.807) is 0 Å². The highest BCUT2D eigenvalue weighted by atomic mass is 15.2. The molecule has 3 heteroatoms. The summed E-state index contributed by atoms with van der Waals surface area (Å²) in [6, 6.07) is 11.1. The molecule has 1 unspecified atom stereocenters. The zero-order valence-electron chi connectivity index (χ0n) is 11.5. The van der Waals surface area contributed by atoms with Gasteiger partial charge in [-0.3, -0.25) is 4.90 Å². The molecule has 3 nitrogen and oxygen atoms in total. The van der Waals surface area contributed by atoms with E-state index in [-0.39, 0.29) is 5.54 Å². The summed E-state index contributed by atoms with van der Waals surface area (Å²) in [5.41, 5.74) is 7.43. The van der Waals surface area contributed by atoms with Crippen molar-refractivity contribution in [2.75, 3.05) is 19.6 Å². The van der Waals surface area contributed by atoms with Crippen LogP contribution >= 0.6 is 0 Å². The van der Waals surface area contributed by atoms with E-state index in [0.29, 0.717) is 12.6 Å². The molecule has 1 aliphatic rings. The van der Waals surface area contributed by atoms with Crippen molar-refractivity contribution in [2.24, 2.45) is 5.73 Å². The molecule has 1 aliphatic heterocycles. The quantitative estimate of drug-likeness (QED) is 0.830. The molecular weight excluding hydrogens is 222 g/mol. The number of likely N-dealkylation sites (tertiary alicyclic amines) is 1. The average molecular weight is 247 g/mol. The van der Waals surface area contributed by atoms with Gasteiger partial charge >= 0.3 is 0 Å². The maximum atomic E-state index is 6.01. The predicted molar refractivity (Wildman–Crippen MR) is 76.4 cm³/mol. The summed E-state index contributed by atoms with van der Waals surface area (Å²) in [7, 11) is 0. The van der Waals surface area contributed by atoms with E-state index in [2.05, 4.69) is 54.4 Å². The Hall–Kier alpha value is -0.900. The van der Waals surface area contributed by atoms with Crippen LogP contribution in [-0.2, 0) is 6.54 Å². The number of hydrogen-bond acceptors (Lipinski definition) is 3. The summed E-state index contributed by atoms with van der Waals surface area (Å²) in [5.74, 6) is 0. The standard InChI is InChI=1S/C15H25N3/c1-13(2)18-9-8-15(11-16,12-18)17-10-14-6-4-3-5-7-14/h3-7,13,17H,8-12,16H2,1-2H3. The molecule has 0 spiro atoms.